The van der Waals surface area contributed by atoms with Crippen molar-refractivity contribution in [3.8, 4) is 0 Å². The predicted molar refractivity (Wildman–Crippen MR) is 61.1 cm³/mol. The minimum Gasteiger partial charge on any atom is -0.325 e. The number of alkyl halides is 3. The number of halogens is 3. The maximum Gasteiger partial charge on any atom is 0.416 e. The quantitative estimate of drug-likeness (QED) is 0.855. The highest BCUT2D eigenvalue weighted by Gasteiger charge is 2.30. The molecule has 3 nitrogen and oxygen atoms in total. The number of hydrogen-bond donors (Lipinski definition) is 2. The SMILES string of the molecule is O=C(Nc1ccc(C(F)(F)F)cc1)[C@H]1CCCN1. The number of benzene rings is 1. The molecule has 1 heterocycles. The Morgan fingerprint density at radius 2 is 1.94 bits per heavy atom. The first-order valence-corrected chi connectivity index (χ1v) is 5.68. The van der Waals surface area contributed by atoms with Crippen molar-refractivity contribution in [1.29, 1.82) is 0 Å². The minimum absolute atomic E-state index is 0.202. The van der Waals surface area contributed by atoms with Crippen molar-refractivity contribution < 1.29 is 18.0 Å². The summed E-state index contributed by atoms with van der Waals surface area (Å²) in [5.74, 6) is -0.202. The van der Waals surface area contributed by atoms with E-state index in [1.54, 1.807) is 0 Å². The first kappa shape index (κ1) is 12.9. The zero-order valence-electron chi connectivity index (χ0n) is 9.55. The van der Waals surface area contributed by atoms with Crippen LogP contribution in [-0.4, -0.2) is 18.5 Å². The van der Waals surface area contributed by atoms with Gasteiger partial charge >= 0.3 is 6.18 Å². The van der Waals surface area contributed by atoms with Gasteiger partial charge in [-0.2, -0.15) is 13.2 Å². The number of amides is 1. The maximum atomic E-state index is 12.3. The van der Waals surface area contributed by atoms with Gasteiger partial charge in [-0.25, -0.2) is 0 Å². The van der Waals surface area contributed by atoms with Crippen molar-refractivity contribution in [2.45, 2.75) is 25.1 Å². The average Bonchev–Trinajstić information content (AvgIpc) is 2.82. The second kappa shape index (κ2) is 4.97. The van der Waals surface area contributed by atoms with Crippen LogP contribution in [0.1, 0.15) is 18.4 Å². The molecule has 1 amide bonds. The molecule has 1 aliphatic rings. The lowest BCUT2D eigenvalue weighted by molar-refractivity contribution is -0.137. The predicted octanol–water partition coefficient (Wildman–Crippen LogP) is 2.40. The van der Waals surface area contributed by atoms with Gasteiger partial charge in [-0.1, -0.05) is 0 Å². The number of nitrogens with one attached hydrogen (secondary N) is 2. The molecule has 1 saturated heterocycles. The van der Waals surface area contributed by atoms with Crippen LogP contribution in [0.4, 0.5) is 18.9 Å². The summed E-state index contributed by atoms with van der Waals surface area (Å²) < 4.78 is 37.0. The first-order valence-electron chi connectivity index (χ1n) is 5.68. The molecule has 0 aliphatic carbocycles. The molecule has 1 aromatic carbocycles. The van der Waals surface area contributed by atoms with Crippen molar-refractivity contribution >= 4 is 11.6 Å². The van der Waals surface area contributed by atoms with Crippen molar-refractivity contribution in [2.24, 2.45) is 0 Å². The number of carbonyl (C=O) groups excluding carboxylic acids is 1. The van der Waals surface area contributed by atoms with Crippen LogP contribution < -0.4 is 10.6 Å². The van der Waals surface area contributed by atoms with E-state index in [4.69, 9.17) is 0 Å². The van der Waals surface area contributed by atoms with Gasteiger partial charge in [-0.05, 0) is 43.7 Å². The fourth-order valence-corrected chi connectivity index (χ4v) is 1.88. The molecule has 0 radical (unpaired) electrons. The molecule has 0 spiro atoms. The molecule has 18 heavy (non-hydrogen) atoms. The van der Waals surface area contributed by atoms with Crippen LogP contribution in [0.3, 0.4) is 0 Å². The number of carbonyl (C=O) groups is 1. The summed E-state index contributed by atoms with van der Waals surface area (Å²) in [4.78, 5) is 11.7. The molecule has 0 saturated carbocycles. The first-order chi connectivity index (χ1) is 8.47. The van der Waals surface area contributed by atoms with Crippen molar-refractivity contribution in [3.05, 3.63) is 29.8 Å². The molecule has 1 aromatic rings. The van der Waals surface area contributed by atoms with Crippen molar-refractivity contribution in [3.63, 3.8) is 0 Å². The summed E-state index contributed by atoms with van der Waals surface area (Å²) in [5, 5.41) is 5.61. The van der Waals surface area contributed by atoms with E-state index in [1.165, 1.54) is 12.1 Å². The number of hydrogen-bond acceptors (Lipinski definition) is 2. The van der Waals surface area contributed by atoms with Crippen molar-refractivity contribution in [1.82, 2.24) is 5.32 Å². The normalized spacial score (nSPS) is 19.8. The summed E-state index contributed by atoms with van der Waals surface area (Å²) in [5.41, 5.74) is -0.346. The summed E-state index contributed by atoms with van der Waals surface area (Å²) in [6.07, 6.45) is -2.66. The molecule has 2 N–H and O–H groups in total. The van der Waals surface area contributed by atoms with Crippen molar-refractivity contribution in [2.75, 3.05) is 11.9 Å². The molecular formula is C12H13F3N2O. The van der Waals surface area contributed by atoms with Gasteiger partial charge in [0.2, 0.25) is 5.91 Å². The Morgan fingerprint density at radius 1 is 1.28 bits per heavy atom. The molecule has 0 unspecified atom stereocenters. The van der Waals surface area contributed by atoms with Crippen LogP contribution in [-0.2, 0) is 11.0 Å². The van der Waals surface area contributed by atoms with E-state index in [0.717, 1.165) is 31.5 Å². The highest BCUT2D eigenvalue weighted by Crippen LogP contribution is 2.29. The lowest BCUT2D eigenvalue weighted by atomic mass is 10.2. The largest absolute Gasteiger partial charge is 0.416 e. The third-order valence-electron chi connectivity index (χ3n) is 2.86. The van der Waals surface area contributed by atoms with Gasteiger partial charge < -0.3 is 10.6 Å². The van der Waals surface area contributed by atoms with Gasteiger partial charge in [0.15, 0.2) is 0 Å². The van der Waals surface area contributed by atoms with Crippen LogP contribution in [0, 0.1) is 0 Å². The smallest absolute Gasteiger partial charge is 0.325 e. The van der Waals surface area contributed by atoms with E-state index in [1.807, 2.05) is 0 Å². The minimum atomic E-state index is -4.35. The summed E-state index contributed by atoms with van der Waals surface area (Å²) in [7, 11) is 0. The highest BCUT2D eigenvalue weighted by molar-refractivity contribution is 5.95. The molecule has 1 atom stereocenters. The molecule has 98 valence electrons. The Labute approximate surface area is 102 Å². The standard InChI is InChI=1S/C12H13F3N2O/c13-12(14,15)8-3-5-9(6-4-8)17-11(18)10-2-1-7-16-10/h3-6,10,16H,1-2,7H2,(H,17,18)/t10-/m1/s1. The molecule has 2 rings (SSSR count). The van der Waals surface area contributed by atoms with Crippen LogP contribution in [0.15, 0.2) is 24.3 Å². The van der Waals surface area contributed by atoms with Crippen LogP contribution in [0.5, 0.6) is 0 Å². The van der Waals surface area contributed by atoms with E-state index in [2.05, 4.69) is 10.6 Å². The Hall–Kier alpha value is -1.56. The zero-order valence-corrected chi connectivity index (χ0v) is 9.55. The molecule has 1 fully saturated rings. The lowest BCUT2D eigenvalue weighted by Gasteiger charge is -2.12. The Balaban J connectivity index is 2.00. The summed E-state index contributed by atoms with van der Waals surface area (Å²) >= 11 is 0. The Bertz CT molecular complexity index is 422. The Kier molecular flexibility index (Phi) is 3.56. The van der Waals surface area contributed by atoms with Gasteiger partial charge in [0.25, 0.3) is 0 Å². The van der Waals surface area contributed by atoms with Gasteiger partial charge in [-0.15, -0.1) is 0 Å². The Morgan fingerprint density at radius 3 is 2.44 bits per heavy atom. The monoisotopic (exact) mass is 258 g/mol. The summed E-state index contributed by atoms with van der Waals surface area (Å²) in [6.45, 7) is 0.797. The lowest BCUT2D eigenvalue weighted by Crippen LogP contribution is -2.35. The fraction of sp³-hybridized carbons (Fsp3) is 0.417. The zero-order chi connectivity index (χ0) is 13.2. The van der Waals surface area contributed by atoms with Gasteiger partial charge in [0, 0.05) is 5.69 Å². The van der Waals surface area contributed by atoms with Gasteiger partial charge in [-0.3, -0.25) is 4.79 Å². The number of anilines is 1. The van der Waals surface area contributed by atoms with E-state index < -0.39 is 11.7 Å². The van der Waals surface area contributed by atoms with E-state index in [0.29, 0.717) is 5.69 Å². The second-order valence-electron chi connectivity index (χ2n) is 4.21. The molecule has 0 bridgehead atoms. The molecule has 1 aliphatic heterocycles. The van der Waals surface area contributed by atoms with E-state index in [-0.39, 0.29) is 11.9 Å². The van der Waals surface area contributed by atoms with Gasteiger partial charge in [0.05, 0.1) is 11.6 Å². The third kappa shape index (κ3) is 3.01. The van der Waals surface area contributed by atoms with Gasteiger partial charge in [0.1, 0.15) is 0 Å². The topological polar surface area (TPSA) is 41.1 Å². The highest BCUT2D eigenvalue weighted by atomic mass is 19.4. The number of rotatable bonds is 2. The molecule has 0 aromatic heterocycles. The fourth-order valence-electron chi connectivity index (χ4n) is 1.88. The maximum absolute atomic E-state index is 12.3. The average molecular weight is 258 g/mol. The summed E-state index contributed by atoms with van der Waals surface area (Å²) in [6, 6.07) is 4.19. The third-order valence-corrected chi connectivity index (χ3v) is 2.86. The van der Waals surface area contributed by atoms with E-state index >= 15 is 0 Å². The van der Waals surface area contributed by atoms with Crippen LogP contribution in [0.2, 0.25) is 0 Å². The van der Waals surface area contributed by atoms with Crippen LogP contribution in [0.25, 0.3) is 0 Å². The van der Waals surface area contributed by atoms with E-state index in [9.17, 15) is 18.0 Å². The second-order valence-corrected chi connectivity index (χ2v) is 4.21. The van der Waals surface area contributed by atoms with Crippen LogP contribution >= 0.6 is 0 Å². The molecular weight excluding hydrogens is 245 g/mol. The molecule has 6 heteroatoms.